The van der Waals surface area contributed by atoms with E-state index in [0.29, 0.717) is 12.8 Å². The maximum Gasteiger partial charge on any atom is 0.185 e. The fourth-order valence-corrected chi connectivity index (χ4v) is 7.52. The van der Waals surface area contributed by atoms with Gasteiger partial charge in [-0.05, 0) is 44.0 Å². The van der Waals surface area contributed by atoms with Crippen molar-refractivity contribution in [3.63, 3.8) is 0 Å². The van der Waals surface area contributed by atoms with E-state index in [-0.39, 0.29) is 9.79 Å². The smallest absolute Gasteiger partial charge is 0.185 e. The lowest BCUT2D eigenvalue weighted by Crippen LogP contribution is -2.40. The van der Waals surface area contributed by atoms with Gasteiger partial charge in [0.25, 0.3) is 0 Å². The summed E-state index contributed by atoms with van der Waals surface area (Å²) in [5.74, 6) is 0. The Hall–Kier alpha value is -1.66. The molecule has 1 unspecified atom stereocenters. The van der Waals surface area contributed by atoms with E-state index in [1.54, 1.807) is 36.4 Å². The molecule has 1 aliphatic rings. The Balaban J connectivity index is 2.05. The van der Waals surface area contributed by atoms with Crippen molar-refractivity contribution in [1.29, 1.82) is 0 Å². The maximum absolute atomic E-state index is 13.0. The zero-order valence-corrected chi connectivity index (χ0v) is 14.3. The molecule has 0 radical (unpaired) electrons. The minimum atomic E-state index is -3.70. The molecule has 0 saturated heterocycles. The molecule has 1 aliphatic carbocycles. The molecule has 1 saturated carbocycles. The van der Waals surface area contributed by atoms with Gasteiger partial charge in [-0.2, -0.15) is 0 Å². The highest BCUT2D eigenvalue weighted by Crippen LogP contribution is 2.52. The molecule has 0 bridgehead atoms. The highest BCUT2D eigenvalue weighted by atomic mass is 32.2. The van der Waals surface area contributed by atoms with Crippen LogP contribution in [-0.4, -0.2) is 26.8 Å². The summed E-state index contributed by atoms with van der Waals surface area (Å²) in [6.07, 6.45) is 0.745. The van der Waals surface area contributed by atoms with Gasteiger partial charge < -0.3 is 0 Å². The first kappa shape index (κ1) is 16.2. The van der Waals surface area contributed by atoms with Crippen LogP contribution in [0.4, 0.5) is 0 Å². The van der Waals surface area contributed by atoms with E-state index in [9.17, 15) is 16.8 Å². The molecule has 0 amide bonds. The van der Waals surface area contributed by atoms with Gasteiger partial charge in [0, 0.05) is 0 Å². The van der Waals surface area contributed by atoms with Crippen molar-refractivity contribution in [2.24, 2.45) is 0 Å². The lowest BCUT2D eigenvalue weighted by atomic mass is 10.3. The van der Waals surface area contributed by atoms with Gasteiger partial charge in [0.05, 0.1) is 19.8 Å². The van der Waals surface area contributed by atoms with Crippen LogP contribution in [0.5, 0.6) is 0 Å². The molecule has 3 rings (SSSR count). The topological polar surface area (TPSA) is 68.3 Å². The van der Waals surface area contributed by atoms with Crippen LogP contribution in [0.25, 0.3) is 0 Å². The monoisotopic (exact) mass is 350 g/mol. The summed E-state index contributed by atoms with van der Waals surface area (Å²) >= 11 is 0. The number of rotatable bonds is 5. The predicted octanol–water partition coefficient (Wildman–Crippen LogP) is 2.86. The van der Waals surface area contributed by atoms with Crippen molar-refractivity contribution < 1.29 is 16.8 Å². The maximum atomic E-state index is 13.0. The van der Waals surface area contributed by atoms with Gasteiger partial charge >= 0.3 is 0 Å². The quantitative estimate of drug-likeness (QED) is 0.831. The minimum Gasteiger partial charge on any atom is -0.223 e. The minimum absolute atomic E-state index is 0.169. The summed E-state index contributed by atoms with van der Waals surface area (Å²) in [5, 5.41) is -0.984. The molecule has 122 valence electrons. The first-order chi connectivity index (χ1) is 10.8. The summed E-state index contributed by atoms with van der Waals surface area (Å²) < 4.78 is 50.4. The van der Waals surface area contributed by atoms with Crippen LogP contribution in [0.1, 0.15) is 19.8 Å². The molecule has 6 heteroatoms. The Morgan fingerprint density at radius 3 is 1.65 bits per heavy atom. The summed E-state index contributed by atoms with van der Waals surface area (Å²) in [4.78, 5) is 0.356. The lowest BCUT2D eigenvalue weighted by molar-refractivity contribution is 0.553. The van der Waals surface area contributed by atoms with Crippen LogP contribution in [0, 0.1) is 0 Å². The number of hydrogen-bond acceptors (Lipinski definition) is 4. The van der Waals surface area contributed by atoms with Gasteiger partial charge in [-0.25, -0.2) is 16.8 Å². The van der Waals surface area contributed by atoms with Crippen molar-refractivity contribution >= 4 is 19.7 Å². The Morgan fingerprint density at radius 1 is 0.783 bits per heavy atom. The Kier molecular flexibility index (Phi) is 3.84. The van der Waals surface area contributed by atoms with Crippen molar-refractivity contribution in [2.45, 2.75) is 39.6 Å². The molecule has 0 aliphatic heterocycles. The fourth-order valence-electron chi connectivity index (χ4n) is 2.95. The van der Waals surface area contributed by atoms with Crippen molar-refractivity contribution in [1.82, 2.24) is 0 Å². The van der Waals surface area contributed by atoms with Gasteiger partial charge in [-0.1, -0.05) is 36.4 Å². The van der Waals surface area contributed by atoms with Crippen molar-refractivity contribution in [3.8, 4) is 0 Å². The van der Waals surface area contributed by atoms with Gasteiger partial charge in [0.1, 0.15) is 0 Å². The molecule has 2 aromatic carbocycles. The van der Waals surface area contributed by atoms with Crippen LogP contribution in [0.3, 0.4) is 0 Å². The van der Waals surface area contributed by atoms with Gasteiger partial charge in [-0.15, -0.1) is 0 Å². The summed E-state index contributed by atoms with van der Waals surface area (Å²) in [7, 11) is -7.40. The van der Waals surface area contributed by atoms with E-state index in [2.05, 4.69) is 0 Å². The zero-order valence-electron chi connectivity index (χ0n) is 12.7. The molecule has 0 aromatic heterocycles. The second-order valence-electron chi connectivity index (χ2n) is 5.88. The molecule has 1 atom stereocenters. The average molecular weight is 350 g/mol. The van der Waals surface area contributed by atoms with E-state index in [0.717, 1.165) is 0 Å². The first-order valence-corrected chi connectivity index (χ1v) is 10.4. The molecule has 0 N–H and O–H groups in total. The Labute approximate surface area is 137 Å². The molecule has 0 spiro atoms. The molecule has 2 aromatic rings. The van der Waals surface area contributed by atoms with Gasteiger partial charge in [0.2, 0.25) is 0 Å². The third-order valence-corrected chi connectivity index (χ3v) is 9.80. The number of sulfone groups is 2. The molecule has 1 fully saturated rings. The summed E-state index contributed by atoms with van der Waals surface area (Å²) in [6, 6.07) is 16.1. The van der Waals surface area contributed by atoms with E-state index in [1.807, 2.05) is 0 Å². The van der Waals surface area contributed by atoms with Crippen LogP contribution >= 0.6 is 0 Å². The highest BCUT2D eigenvalue weighted by Gasteiger charge is 2.62. The first-order valence-electron chi connectivity index (χ1n) is 7.41. The average Bonchev–Trinajstić information content (AvgIpc) is 3.38. The second-order valence-corrected chi connectivity index (χ2v) is 10.4. The third-order valence-electron chi connectivity index (χ3n) is 4.61. The molecule has 4 nitrogen and oxygen atoms in total. The second kappa shape index (κ2) is 5.46. The van der Waals surface area contributed by atoms with E-state index >= 15 is 0 Å². The molecule has 23 heavy (non-hydrogen) atoms. The number of benzene rings is 2. The van der Waals surface area contributed by atoms with Gasteiger partial charge in [0.15, 0.2) is 19.7 Å². The molecular formula is C17H18O4S2. The molecule has 0 heterocycles. The van der Waals surface area contributed by atoms with E-state index in [1.165, 1.54) is 31.2 Å². The Morgan fingerprint density at radius 2 is 1.22 bits per heavy atom. The lowest BCUT2D eigenvalue weighted by Gasteiger charge is -2.24. The van der Waals surface area contributed by atoms with Crippen molar-refractivity contribution in [2.75, 3.05) is 0 Å². The Bertz CT molecular complexity index is 898. The normalized spacial score (nSPS) is 18.3. The van der Waals surface area contributed by atoms with Crippen LogP contribution in [0.2, 0.25) is 0 Å². The molecular weight excluding hydrogens is 332 g/mol. The van der Waals surface area contributed by atoms with E-state index < -0.39 is 29.7 Å². The van der Waals surface area contributed by atoms with Crippen LogP contribution < -0.4 is 0 Å². The summed E-state index contributed by atoms with van der Waals surface area (Å²) in [5.41, 5.74) is 0. The predicted molar refractivity (Wildman–Crippen MR) is 88.7 cm³/mol. The van der Waals surface area contributed by atoms with Crippen LogP contribution in [-0.2, 0) is 19.7 Å². The number of hydrogen-bond donors (Lipinski definition) is 0. The highest BCUT2D eigenvalue weighted by molar-refractivity contribution is 7.96. The van der Waals surface area contributed by atoms with Crippen LogP contribution in [0.15, 0.2) is 70.5 Å². The standard InChI is InChI=1S/C17H18O4S2/c1-14(22(18,19)15-8-4-2-5-9-15)17(12-13-17)23(20,21)16-10-6-3-7-11-16/h2-11,14H,12-13H2,1H3. The third kappa shape index (κ3) is 2.50. The SMILES string of the molecule is CC(C1(S(=O)(=O)c2ccccc2)CC1)S(=O)(=O)c1ccccc1. The van der Waals surface area contributed by atoms with Crippen molar-refractivity contribution in [3.05, 3.63) is 60.7 Å². The van der Waals surface area contributed by atoms with Gasteiger partial charge in [-0.3, -0.25) is 0 Å². The largest absolute Gasteiger partial charge is 0.223 e. The zero-order chi connectivity index (χ0) is 16.7. The summed E-state index contributed by atoms with van der Waals surface area (Å²) in [6.45, 7) is 1.51. The fraction of sp³-hybridized carbons (Fsp3) is 0.294. The van der Waals surface area contributed by atoms with E-state index in [4.69, 9.17) is 0 Å².